The van der Waals surface area contributed by atoms with Crippen LogP contribution in [-0.2, 0) is 15.9 Å². The maximum Gasteiger partial charge on any atom is 0.498 e. The molecule has 1 aliphatic rings. The second-order valence-electron chi connectivity index (χ2n) is 7.87. The SMILES string of the molecule is CC(C)Oc1cccc(Cn2cc(B3OC(C)(C)C(C)(C)O3)cn2)c1. The first-order valence-corrected chi connectivity index (χ1v) is 8.80. The highest BCUT2D eigenvalue weighted by atomic mass is 16.7. The van der Waals surface area contributed by atoms with E-state index in [0.29, 0.717) is 6.54 Å². The first-order chi connectivity index (χ1) is 11.7. The monoisotopic (exact) mass is 342 g/mol. The molecule has 0 unspecified atom stereocenters. The van der Waals surface area contributed by atoms with Gasteiger partial charge in [0.25, 0.3) is 0 Å². The first kappa shape index (κ1) is 18.0. The highest BCUT2D eigenvalue weighted by Gasteiger charge is 2.52. The van der Waals surface area contributed by atoms with E-state index in [4.69, 9.17) is 14.0 Å². The second kappa shape index (κ2) is 6.50. The van der Waals surface area contributed by atoms with Crippen LogP contribution in [0.25, 0.3) is 0 Å². The second-order valence-corrected chi connectivity index (χ2v) is 7.87. The summed E-state index contributed by atoms with van der Waals surface area (Å²) in [7, 11) is -0.380. The summed E-state index contributed by atoms with van der Waals surface area (Å²) in [6, 6.07) is 8.10. The van der Waals surface area contributed by atoms with Crippen molar-refractivity contribution in [2.75, 3.05) is 0 Å². The molecular formula is C19H27BN2O3. The third kappa shape index (κ3) is 3.91. The van der Waals surface area contributed by atoms with Gasteiger partial charge in [0.15, 0.2) is 0 Å². The van der Waals surface area contributed by atoms with Crippen LogP contribution in [-0.4, -0.2) is 34.2 Å². The van der Waals surface area contributed by atoms with Gasteiger partial charge in [-0.1, -0.05) is 12.1 Å². The van der Waals surface area contributed by atoms with Gasteiger partial charge in [0, 0.05) is 17.9 Å². The smallest absolute Gasteiger partial charge is 0.491 e. The summed E-state index contributed by atoms with van der Waals surface area (Å²) in [4.78, 5) is 0. The maximum atomic E-state index is 6.08. The molecule has 1 aliphatic heterocycles. The lowest BCUT2D eigenvalue weighted by Crippen LogP contribution is -2.41. The van der Waals surface area contributed by atoms with Crippen LogP contribution in [0.5, 0.6) is 5.75 Å². The minimum absolute atomic E-state index is 0.162. The van der Waals surface area contributed by atoms with Crippen molar-refractivity contribution in [2.45, 2.75) is 65.4 Å². The van der Waals surface area contributed by atoms with Gasteiger partial charge in [0.05, 0.1) is 23.9 Å². The van der Waals surface area contributed by atoms with Crippen LogP contribution < -0.4 is 10.2 Å². The van der Waals surface area contributed by atoms with Crippen LogP contribution in [0.3, 0.4) is 0 Å². The molecule has 0 spiro atoms. The molecule has 0 atom stereocenters. The van der Waals surface area contributed by atoms with Crippen LogP contribution in [0, 0.1) is 0 Å². The van der Waals surface area contributed by atoms with Crippen molar-refractivity contribution in [1.82, 2.24) is 9.78 Å². The Morgan fingerprint density at radius 3 is 2.48 bits per heavy atom. The van der Waals surface area contributed by atoms with E-state index in [1.165, 1.54) is 0 Å². The van der Waals surface area contributed by atoms with E-state index in [1.54, 1.807) is 0 Å². The molecule has 5 nitrogen and oxygen atoms in total. The molecule has 1 aromatic carbocycles. The standard InChI is InChI=1S/C19H27BN2O3/c1-14(2)23-17-9-7-8-15(10-17)12-22-13-16(11-21-22)20-24-18(3,4)19(5,6)25-20/h7-11,13-14H,12H2,1-6H3. The molecular weight excluding hydrogens is 315 g/mol. The Kier molecular flexibility index (Phi) is 4.69. The van der Waals surface area contributed by atoms with Gasteiger partial charge >= 0.3 is 7.12 Å². The Bertz CT molecular complexity index is 724. The fraction of sp³-hybridized carbons (Fsp3) is 0.526. The van der Waals surface area contributed by atoms with Crippen molar-refractivity contribution >= 4 is 12.6 Å². The molecule has 2 aromatic rings. The van der Waals surface area contributed by atoms with Crippen LogP contribution >= 0.6 is 0 Å². The van der Waals surface area contributed by atoms with E-state index in [2.05, 4.69) is 44.9 Å². The molecule has 0 saturated carbocycles. The molecule has 0 aliphatic carbocycles. The molecule has 2 heterocycles. The third-order valence-corrected chi connectivity index (χ3v) is 4.79. The summed E-state index contributed by atoms with van der Waals surface area (Å²) >= 11 is 0. The van der Waals surface area contributed by atoms with Crippen molar-refractivity contribution in [3.8, 4) is 5.75 Å². The summed E-state index contributed by atoms with van der Waals surface area (Å²) < 4.78 is 19.8. The largest absolute Gasteiger partial charge is 0.498 e. The van der Waals surface area contributed by atoms with Gasteiger partial charge in [-0.25, -0.2) is 0 Å². The summed E-state index contributed by atoms with van der Waals surface area (Å²) in [6.45, 7) is 12.9. The lowest BCUT2D eigenvalue weighted by Gasteiger charge is -2.32. The van der Waals surface area contributed by atoms with Gasteiger partial charge in [0.2, 0.25) is 0 Å². The van der Waals surface area contributed by atoms with E-state index in [0.717, 1.165) is 16.8 Å². The molecule has 1 fully saturated rings. The summed E-state index contributed by atoms with van der Waals surface area (Å²) in [5.41, 5.74) is 1.39. The normalized spacial score (nSPS) is 18.8. The zero-order chi connectivity index (χ0) is 18.2. The summed E-state index contributed by atoms with van der Waals surface area (Å²) in [6.07, 6.45) is 3.96. The van der Waals surface area contributed by atoms with Crippen LogP contribution in [0.2, 0.25) is 0 Å². The topological polar surface area (TPSA) is 45.5 Å². The van der Waals surface area contributed by atoms with Crippen molar-refractivity contribution in [1.29, 1.82) is 0 Å². The molecule has 0 N–H and O–H groups in total. The predicted octanol–water partition coefficient (Wildman–Crippen LogP) is 3.02. The zero-order valence-corrected chi connectivity index (χ0v) is 15.9. The first-order valence-electron chi connectivity index (χ1n) is 8.80. The van der Waals surface area contributed by atoms with Crippen LogP contribution in [0.15, 0.2) is 36.7 Å². The van der Waals surface area contributed by atoms with E-state index in [-0.39, 0.29) is 24.4 Å². The molecule has 1 saturated heterocycles. The van der Waals surface area contributed by atoms with E-state index in [9.17, 15) is 0 Å². The molecule has 0 radical (unpaired) electrons. The Labute approximate surface area is 150 Å². The van der Waals surface area contributed by atoms with E-state index < -0.39 is 0 Å². The lowest BCUT2D eigenvalue weighted by molar-refractivity contribution is 0.00578. The van der Waals surface area contributed by atoms with Gasteiger partial charge in [-0.2, -0.15) is 5.10 Å². The third-order valence-electron chi connectivity index (χ3n) is 4.79. The average molecular weight is 342 g/mol. The van der Waals surface area contributed by atoms with Gasteiger partial charge in [-0.3, -0.25) is 4.68 Å². The zero-order valence-electron chi connectivity index (χ0n) is 15.9. The summed E-state index contributed by atoms with van der Waals surface area (Å²) in [5, 5.41) is 4.46. The van der Waals surface area contributed by atoms with Crippen molar-refractivity contribution < 1.29 is 14.0 Å². The highest BCUT2D eigenvalue weighted by Crippen LogP contribution is 2.36. The maximum absolute atomic E-state index is 6.08. The number of nitrogens with zero attached hydrogens (tertiary/aromatic N) is 2. The number of rotatable bonds is 5. The quantitative estimate of drug-likeness (QED) is 0.784. The number of benzene rings is 1. The number of hydrogen-bond donors (Lipinski definition) is 0. The van der Waals surface area contributed by atoms with Gasteiger partial charge in [0.1, 0.15) is 5.75 Å². The lowest BCUT2D eigenvalue weighted by atomic mass is 9.82. The van der Waals surface area contributed by atoms with E-state index >= 15 is 0 Å². The van der Waals surface area contributed by atoms with Crippen molar-refractivity contribution in [2.24, 2.45) is 0 Å². The highest BCUT2D eigenvalue weighted by molar-refractivity contribution is 6.61. The minimum Gasteiger partial charge on any atom is -0.491 e. The molecule has 6 heteroatoms. The average Bonchev–Trinajstić information content (AvgIpc) is 3.01. The van der Waals surface area contributed by atoms with Crippen molar-refractivity contribution in [3.63, 3.8) is 0 Å². The Morgan fingerprint density at radius 2 is 1.84 bits per heavy atom. The van der Waals surface area contributed by atoms with Gasteiger partial charge in [-0.15, -0.1) is 0 Å². The summed E-state index contributed by atoms with van der Waals surface area (Å²) in [5.74, 6) is 0.880. The molecule has 25 heavy (non-hydrogen) atoms. The molecule has 0 amide bonds. The molecule has 134 valence electrons. The van der Waals surface area contributed by atoms with Gasteiger partial charge < -0.3 is 14.0 Å². The van der Waals surface area contributed by atoms with Crippen LogP contribution in [0.1, 0.15) is 47.1 Å². The Balaban J connectivity index is 1.71. The molecule has 3 rings (SSSR count). The van der Waals surface area contributed by atoms with Gasteiger partial charge in [-0.05, 0) is 59.2 Å². The number of hydrogen-bond acceptors (Lipinski definition) is 4. The number of aromatic nitrogens is 2. The van der Waals surface area contributed by atoms with E-state index in [1.807, 2.05) is 43.1 Å². The predicted molar refractivity (Wildman–Crippen MR) is 99.3 cm³/mol. The Morgan fingerprint density at radius 1 is 1.16 bits per heavy atom. The van der Waals surface area contributed by atoms with Crippen molar-refractivity contribution in [3.05, 3.63) is 42.2 Å². The fourth-order valence-electron chi connectivity index (χ4n) is 2.74. The Hall–Kier alpha value is -1.79. The molecule has 0 bridgehead atoms. The van der Waals surface area contributed by atoms with Crippen LogP contribution in [0.4, 0.5) is 0 Å². The number of ether oxygens (including phenoxy) is 1. The fourth-order valence-corrected chi connectivity index (χ4v) is 2.74. The molecule has 1 aromatic heterocycles. The minimum atomic E-state index is -0.380.